The molecule has 0 spiro atoms. The van der Waals surface area contributed by atoms with Gasteiger partial charge in [0.05, 0.1) is 41.7 Å². The first-order valence-electron chi connectivity index (χ1n) is 9.76. The minimum Gasteiger partial charge on any atom is -0.493 e. The van der Waals surface area contributed by atoms with Crippen LogP contribution in [0.4, 0.5) is 5.82 Å². The van der Waals surface area contributed by atoms with Crippen LogP contribution in [0.5, 0.6) is 11.5 Å². The zero-order valence-electron chi connectivity index (χ0n) is 17.4. The molecular formula is C21H27N3O4S. The molecular weight excluding hydrogens is 390 g/mol. The lowest BCUT2D eigenvalue weighted by atomic mass is 9.94. The zero-order chi connectivity index (χ0) is 20.8. The van der Waals surface area contributed by atoms with Gasteiger partial charge in [0.1, 0.15) is 0 Å². The quantitative estimate of drug-likeness (QED) is 0.806. The smallest absolute Gasteiger partial charge is 0.271 e. The average Bonchev–Trinajstić information content (AvgIpc) is 3.02. The number of para-hydroxylation sites is 1. The Morgan fingerprint density at radius 3 is 2.79 bits per heavy atom. The van der Waals surface area contributed by atoms with E-state index >= 15 is 0 Å². The summed E-state index contributed by atoms with van der Waals surface area (Å²) in [6, 6.07) is 5.90. The average molecular weight is 418 g/mol. The van der Waals surface area contributed by atoms with Gasteiger partial charge in [-0.2, -0.15) is 0 Å². The molecule has 3 heterocycles. The number of benzene rings is 1. The summed E-state index contributed by atoms with van der Waals surface area (Å²) in [6.45, 7) is 6.81. The van der Waals surface area contributed by atoms with Crippen molar-refractivity contribution in [3.63, 3.8) is 0 Å². The van der Waals surface area contributed by atoms with E-state index in [-0.39, 0.29) is 22.5 Å². The van der Waals surface area contributed by atoms with Crippen molar-refractivity contribution in [2.24, 2.45) is 4.99 Å². The second-order valence-corrected chi connectivity index (χ2v) is 9.31. The normalized spacial score (nSPS) is 23.3. The molecule has 2 aromatic rings. The van der Waals surface area contributed by atoms with Crippen molar-refractivity contribution in [2.75, 3.05) is 20.8 Å². The van der Waals surface area contributed by atoms with E-state index in [2.05, 4.69) is 18.9 Å². The Morgan fingerprint density at radius 1 is 1.31 bits per heavy atom. The standard InChI is InChI=1S/C21H27N3O4S/c1-12-22-19-16(18(29-12)14-7-6-8-15(26-4)17(14)27-5)20(25)23-24(19)13-9-10-28-21(2,3)11-13/h6-8,13,18H,9-11H2,1-5H3,(H,23,25)/t13-,18+/m0/s1. The molecule has 4 rings (SSSR count). The van der Waals surface area contributed by atoms with Crippen LogP contribution in [0.1, 0.15) is 56.0 Å². The van der Waals surface area contributed by atoms with E-state index in [0.717, 1.165) is 23.4 Å². The summed E-state index contributed by atoms with van der Waals surface area (Å²) >= 11 is 1.56. The number of ether oxygens (including phenoxy) is 3. The highest BCUT2D eigenvalue weighted by Crippen LogP contribution is 2.49. The first-order chi connectivity index (χ1) is 13.8. The van der Waals surface area contributed by atoms with Crippen molar-refractivity contribution in [1.82, 2.24) is 9.78 Å². The Bertz CT molecular complexity index is 1010. The number of hydrogen-bond acceptors (Lipinski definition) is 6. The Hall–Kier alpha value is -2.19. The summed E-state index contributed by atoms with van der Waals surface area (Å²) in [5.41, 5.74) is 1.23. The molecule has 1 saturated heterocycles. The third-order valence-corrected chi connectivity index (χ3v) is 6.66. The van der Waals surface area contributed by atoms with Gasteiger partial charge in [-0.3, -0.25) is 14.6 Å². The molecule has 1 N–H and O–H groups in total. The Morgan fingerprint density at radius 2 is 2.10 bits per heavy atom. The fourth-order valence-corrected chi connectivity index (χ4v) is 5.35. The first-order valence-corrected chi connectivity index (χ1v) is 10.6. The molecule has 0 radical (unpaired) electrons. The number of rotatable bonds is 4. The maximum atomic E-state index is 13.1. The van der Waals surface area contributed by atoms with Gasteiger partial charge < -0.3 is 14.2 Å². The molecule has 0 unspecified atom stereocenters. The molecule has 0 aliphatic carbocycles. The molecule has 2 atom stereocenters. The minimum atomic E-state index is -0.228. The Labute approximate surface area is 174 Å². The van der Waals surface area contributed by atoms with E-state index in [1.807, 2.05) is 29.8 Å². The van der Waals surface area contributed by atoms with Crippen molar-refractivity contribution in [2.45, 2.75) is 50.5 Å². The minimum absolute atomic E-state index is 0.108. The number of aromatic amines is 1. The number of fused-ring (bicyclic) bond motifs is 1. The Balaban J connectivity index is 1.84. The number of nitrogens with zero attached hydrogens (tertiary/aromatic N) is 2. The number of H-pyrrole nitrogens is 1. The van der Waals surface area contributed by atoms with Crippen LogP contribution < -0.4 is 15.0 Å². The molecule has 1 aromatic carbocycles. The van der Waals surface area contributed by atoms with Gasteiger partial charge in [-0.25, -0.2) is 4.99 Å². The van der Waals surface area contributed by atoms with Gasteiger partial charge in [-0.15, -0.1) is 0 Å². The van der Waals surface area contributed by atoms with E-state index in [0.29, 0.717) is 29.5 Å². The molecule has 156 valence electrons. The molecule has 2 aliphatic rings. The van der Waals surface area contributed by atoms with Crippen LogP contribution in [0.2, 0.25) is 0 Å². The fraction of sp³-hybridized carbons (Fsp3) is 0.524. The second kappa shape index (κ2) is 7.57. The molecule has 7 nitrogen and oxygen atoms in total. The monoisotopic (exact) mass is 417 g/mol. The lowest BCUT2D eigenvalue weighted by molar-refractivity contribution is -0.0705. The van der Waals surface area contributed by atoms with Gasteiger partial charge in [0.2, 0.25) is 0 Å². The van der Waals surface area contributed by atoms with E-state index in [1.165, 1.54) is 0 Å². The van der Waals surface area contributed by atoms with E-state index in [4.69, 9.17) is 19.2 Å². The van der Waals surface area contributed by atoms with Crippen LogP contribution in [0, 0.1) is 0 Å². The van der Waals surface area contributed by atoms with Gasteiger partial charge in [-0.05, 0) is 39.7 Å². The molecule has 0 amide bonds. The van der Waals surface area contributed by atoms with E-state index in [9.17, 15) is 4.79 Å². The maximum absolute atomic E-state index is 13.1. The van der Waals surface area contributed by atoms with Crippen LogP contribution in [0.15, 0.2) is 28.0 Å². The number of nitrogens with one attached hydrogen (secondary N) is 1. The van der Waals surface area contributed by atoms with Crippen molar-refractivity contribution in [3.05, 3.63) is 39.7 Å². The highest BCUT2D eigenvalue weighted by atomic mass is 32.2. The summed E-state index contributed by atoms with van der Waals surface area (Å²) in [5, 5.41) is 3.75. The molecule has 0 bridgehead atoms. The third-order valence-electron chi connectivity index (χ3n) is 5.50. The number of aromatic nitrogens is 2. The van der Waals surface area contributed by atoms with Gasteiger partial charge in [0.25, 0.3) is 5.56 Å². The number of hydrogen-bond donors (Lipinski definition) is 1. The first kappa shape index (κ1) is 20.1. The lowest BCUT2D eigenvalue weighted by Gasteiger charge is -2.36. The van der Waals surface area contributed by atoms with Gasteiger partial charge in [0.15, 0.2) is 17.3 Å². The summed E-state index contributed by atoms with van der Waals surface area (Å²) < 4.78 is 18.9. The highest BCUT2D eigenvalue weighted by molar-refractivity contribution is 8.14. The molecule has 0 saturated carbocycles. The topological polar surface area (TPSA) is 77.8 Å². The highest BCUT2D eigenvalue weighted by Gasteiger charge is 2.36. The third kappa shape index (κ3) is 3.59. The summed E-state index contributed by atoms with van der Waals surface area (Å²) in [7, 11) is 3.24. The number of thioether (sulfide) groups is 1. The van der Waals surface area contributed by atoms with Gasteiger partial charge >= 0.3 is 0 Å². The zero-order valence-corrected chi connectivity index (χ0v) is 18.3. The number of aliphatic imine (C=N–C) groups is 1. The van der Waals surface area contributed by atoms with Crippen molar-refractivity contribution in [3.8, 4) is 11.5 Å². The van der Waals surface area contributed by atoms with Crippen LogP contribution in [0.25, 0.3) is 0 Å². The Kier molecular flexibility index (Phi) is 5.25. The van der Waals surface area contributed by atoms with Crippen LogP contribution >= 0.6 is 11.8 Å². The fourth-order valence-electron chi connectivity index (χ4n) is 4.23. The van der Waals surface area contributed by atoms with Crippen LogP contribution in [-0.4, -0.2) is 41.3 Å². The number of methoxy groups -OCH3 is 2. The van der Waals surface area contributed by atoms with Crippen LogP contribution in [-0.2, 0) is 4.74 Å². The van der Waals surface area contributed by atoms with Crippen LogP contribution in [0.3, 0.4) is 0 Å². The van der Waals surface area contributed by atoms with Gasteiger partial charge in [-0.1, -0.05) is 23.9 Å². The SMILES string of the molecule is COc1cccc([C@H]2SC(C)=Nc3c2c(=O)[nH]n3[C@H]2CCOC(C)(C)C2)c1OC. The molecule has 1 aromatic heterocycles. The summed E-state index contributed by atoms with van der Waals surface area (Å²) in [5.74, 6) is 2.01. The van der Waals surface area contributed by atoms with E-state index in [1.54, 1.807) is 26.0 Å². The second-order valence-electron chi connectivity index (χ2n) is 8.01. The predicted molar refractivity (Wildman–Crippen MR) is 115 cm³/mol. The van der Waals surface area contributed by atoms with Crippen molar-refractivity contribution >= 4 is 22.6 Å². The molecule has 1 fully saturated rings. The van der Waals surface area contributed by atoms with Crippen molar-refractivity contribution in [1.29, 1.82) is 0 Å². The molecule has 29 heavy (non-hydrogen) atoms. The lowest BCUT2D eigenvalue weighted by Crippen LogP contribution is -2.35. The molecule has 8 heteroatoms. The maximum Gasteiger partial charge on any atom is 0.271 e. The predicted octanol–water partition coefficient (Wildman–Crippen LogP) is 4.21. The van der Waals surface area contributed by atoms with Crippen molar-refractivity contribution < 1.29 is 14.2 Å². The summed E-state index contributed by atoms with van der Waals surface area (Å²) in [4.78, 5) is 17.8. The largest absolute Gasteiger partial charge is 0.493 e. The molecule has 2 aliphatic heterocycles. The summed E-state index contributed by atoms with van der Waals surface area (Å²) in [6.07, 6.45) is 1.66. The van der Waals surface area contributed by atoms with E-state index < -0.39 is 0 Å². The van der Waals surface area contributed by atoms with Gasteiger partial charge in [0, 0.05) is 12.2 Å².